The maximum absolute atomic E-state index is 6.31. The Morgan fingerprint density at radius 2 is 2.12 bits per heavy atom. The van der Waals surface area contributed by atoms with Crippen molar-refractivity contribution < 1.29 is 0 Å². The zero-order chi connectivity index (χ0) is 11.8. The molecule has 88 valence electrons. The summed E-state index contributed by atoms with van der Waals surface area (Å²) in [4.78, 5) is 4.36. The lowest BCUT2D eigenvalue weighted by molar-refractivity contribution is 0.538. The molecule has 1 heterocycles. The highest BCUT2D eigenvalue weighted by Crippen LogP contribution is 2.42. The summed E-state index contributed by atoms with van der Waals surface area (Å²) in [5.74, 6) is 1.19. The number of pyridine rings is 1. The van der Waals surface area contributed by atoms with E-state index in [0.717, 1.165) is 11.9 Å². The topological polar surface area (TPSA) is 12.9 Å². The van der Waals surface area contributed by atoms with Crippen molar-refractivity contribution in [2.45, 2.75) is 31.1 Å². The number of halogens is 1. The fourth-order valence-electron chi connectivity index (χ4n) is 2.91. The minimum Gasteiger partial charge on any atom is -0.256 e. The number of nitrogens with zero attached hydrogens (tertiary/aromatic N) is 1. The fourth-order valence-corrected chi connectivity index (χ4v) is 3.21. The van der Waals surface area contributed by atoms with Gasteiger partial charge in [0.1, 0.15) is 0 Å². The Morgan fingerprint density at radius 1 is 1.24 bits per heavy atom. The van der Waals surface area contributed by atoms with E-state index in [4.69, 9.17) is 11.6 Å². The standard InChI is InChI=1S/C15H16ClN/c1-10-13(5-6-14(10)16)11-4-7-15-12(9-11)3-2-8-17-15/h2-4,7-10,13-14H,5-6H2,1H3. The van der Waals surface area contributed by atoms with Gasteiger partial charge in [-0.2, -0.15) is 0 Å². The van der Waals surface area contributed by atoms with Crippen molar-refractivity contribution in [2.75, 3.05) is 0 Å². The summed E-state index contributed by atoms with van der Waals surface area (Å²) in [6, 6.07) is 10.7. The fraction of sp³-hybridized carbons (Fsp3) is 0.400. The second kappa shape index (κ2) is 4.30. The molecule has 1 aliphatic carbocycles. The molecule has 1 aromatic carbocycles. The molecule has 0 saturated heterocycles. The average molecular weight is 246 g/mol. The first-order chi connectivity index (χ1) is 8.25. The lowest BCUT2D eigenvalue weighted by Gasteiger charge is -2.17. The van der Waals surface area contributed by atoms with Gasteiger partial charge in [-0.1, -0.05) is 19.1 Å². The number of rotatable bonds is 1. The maximum Gasteiger partial charge on any atom is 0.0702 e. The molecule has 1 aliphatic rings. The number of hydrogen-bond donors (Lipinski definition) is 0. The molecule has 0 bridgehead atoms. The number of hydrogen-bond acceptors (Lipinski definition) is 1. The molecule has 0 amide bonds. The zero-order valence-electron chi connectivity index (χ0n) is 9.94. The third kappa shape index (κ3) is 1.93. The molecule has 3 rings (SSSR count). The molecular weight excluding hydrogens is 230 g/mol. The summed E-state index contributed by atoms with van der Waals surface area (Å²) < 4.78 is 0. The van der Waals surface area contributed by atoms with Crippen molar-refractivity contribution >= 4 is 22.5 Å². The van der Waals surface area contributed by atoms with Gasteiger partial charge in [-0.15, -0.1) is 11.6 Å². The van der Waals surface area contributed by atoms with E-state index in [1.807, 2.05) is 12.3 Å². The van der Waals surface area contributed by atoms with E-state index < -0.39 is 0 Å². The van der Waals surface area contributed by atoms with Gasteiger partial charge in [0, 0.05) is 17.0 Å². The minimum atomic E-state index is 0.338. The number of benzene rings is 1. The molecule has 0 aliphatic heterocycles. The van der Waals surface area contributed by atoms with Gasteiger partial charge in [0.05, 0.1) is 5.52 Å². The molecule has 17 heavy (non-hydrogen) atoms. The van der Waals surface area contributed by atoms with Crippen LogP contribution in [-0.2, 0) is 0 Å². The van der Waals surface area contributed by atoms with Crippen molar-refractivity contribution in [3.63, 3.8) is 0 Å². The van der Waals surface area contributed by atoms with E-state index in [-0.39, 0.29) is 0 Å². The van der Waals surface area contributed by atoms with Crippen molar-refractivity contribution in [1.82, 2.24) is 4.98 Å². The summed E-state index contributed by atoms with van der Waals surface area (Å²) in [6.07, 6.45) is 4.19. The van der Waals surface area contributed by atoms with Gasteiger partial charge >= 0.3 is 0 Å². The Hall–Kier alpha value is -1.08. The van der Waals surface area contributed by atoms with Gasteiger partial charge in [0.2, 0.25) is 0 Å². The molecule has 3 atom stereocenters. The van der Waals surface area contributed by atoms with Crippen LogP contribution in [0.4, 0.5) is 0 Å². The van der Waals surface area contributed by atoms with Crippen molar-refractivity contribution in [2.24, 2.45) is 5.92 Å². The van der Waals surface area contributed by atoms with E-state index in [2.05, 4.69) is 36.2 Å². The van der Waals surface area contributed by atoms with Crippen LogP contribution in [0.3, 0.4) is 0 Å². The SMILES string of the molecule is CC1C(Cl)CCC1c1ccc2ncccc2c1. The van der Waals surface area contributed by atoms with Crippen LogP contribution < -0.4 is 0 Å². The van der Waals surface area contributed by atoms with Gasteiger partial charge in [-0.3, -0.25) is 4.98 Å². The predicted octanol–water partition coefficient (Wildman–Crippen LogP) is 4.36. The van der Waals surface area contributed by atoms with Crippen molar-refractivity contribution in [1.29, 1.82) is 0 Å². The minimum absolute atomic E-state index is 0.338. The van der Waals surface area contributed by atoms with E-state index in [9.17, 15) is 0 Å². The van der Waals surface area contributed by atoms with Gasteiger partial charge in [0.15, 0.2) is 0 Å². The van der Waals surface area contributed by atoms with Crippen LogP contribution in [0.2, 0.25) is 0 Å². The number of aromatic nitrogens is 1. The Kier molecular flexibility index (Phi) is 2.79. The van der Waals surface area contributed by atoms with Crippen LogP contribution >= 0.6 is 11.6 Å². The third-order valence-corrected chi connectivity index (χ3v) is 4.63. The largest absolute Gasteiger partial charge is 0.256 e. The van der Waals surface area contributed by atoms with Gasteiger partial charge in [-0.25, -0.2) is 0 Å². The van der Waals surface area contributed by atoms with Crippen LogP contribution in [-0.4, -0.2) is 10.4 Å². The normalized spacial score (nSPS) is 28.7. The highest BCUT2D eigenvalue weighted by molar-refractivity contribution is 6.21. The molecule has 0 N–H and O–H groups in total. The number of fused-ring (bicyclic) bond motifs is 1. The summed E-state index contributed by atoms with van der Waals surface area (Å²) >= 11 is 6.31. The van der Waals surface area contributed by atoms with Crippen LogP contribution in [0.1, 0.15) is 31.2 Å². The molecule has 2 heteroatoms. The monoisotopic (exact) mass is 245 g/mol. The Balaban J connectivity index is 2.01. The molecule has 1 aromatic heterocycles. The molecule has 3 unspecified atom stereocenters. The Bertz CT molecular complexity index is 537. The first-order valence-electron chi connectivity index (χ1n) is 6.24. The predicted molar refractivity (Wildman–Crippen MR) is 72.5 cm³/mol. The summed E-state index contributed by atoms with van der Waals surface area (Å²) in [5.41, 5.74) is 2.49. The summed E-state index contributed by atoms with van der Waals surface area (Å²) in [5, 5.41) is 1.57. The van der Waals surface area contributed by atoms with Crippen LogP contribution in [0.15, 0.2) is 36.5 Å². The quantitative estimate of drug-likeness (QED) is 0.681. The van der Waals surface area contributed by atoms with Crippen LogP contribution in [0.5, 0.6) is 0 Å². The lowest BCUT2D eigenvalue weighted by Crippen LogP contribution is -2.09. The Morgan fingerprint density at radius 3 is 2.88 bits per heavy atom. The molecule has 2 aromatic rings. The third-order valence-electron chi connectivity index (χ3n) is 4.01. The average Bonchev–Trinajstić information content (AvgIpc) is 2.70. The summed E-state index contributed by atoms with van der Waals surface area (Å²) in [7, 11) is 0. The molecule has 1 fully saturated rings. The van der Waals surface area contributed by atoms with Gasteiger partial charge in [0.25, 0.3) is 0 Å². The molecular formula is C15H16ClN. The first kappa shape index (κ1) is 11.0. The van der Waals surface area contributed by atoms with Gasteiger partial charge in [-0.05, 0) is 48.4 Å². The first-order valence-corrected chi connectivity index (χ1v) is 6.68. The van der Waals surface area contributed by atoms with Gasteiger partial charge < -0.3 is 0 Å². The van der Waals surface area contributed by atoms with Crippen molar-refractivity contribution in [3.8, 4) is 0 Å². The van der Waals surface area contributed by atoms with Crippen LogP contribution in [0, 0.1) is 5.92 Å². The van der Waals surface area contributed by atoms with E-state index >= 15 is 0 Å². The maximum atomic E-state index is 6.31. The van der Waals surface area contributed by atoms with E-state index in [1.165, 1.54) is 17.4 Å². The molecule has 1 saturated carbocycles. The zero-order valence-corrected chi connectivity index (χ0v) is 10.7. The van der Waals surface area contributed by atoms with E-state index in [0.29, 0.717) is 17.2 Å². The van der Waals surface area contributed by atoms with Crippen molar-refractivity contribution in [3.05, 3.63) is 42.1 Å². The molecule has 0 spiro atoms. The number of alkyl halides is 1. The highest BCUT2D eigenvalue weighted by atomic mass is 35.5. The lowest BCUT2D eigenvalue weighted by atomic mass is 9.89. The van der Waals surface area contributed by atoms with Crippen LogP contribution in [0.25, 0.3) is 10.9 Å². The Labute approximate surface area is 107 Å². The summed E-state index contributed by atoms with van der Waals surface area (Å²) in [6.45, 7) is 2.27. The van der Waals surface area contributed by atoms with E-state index in [1.54, 1.807) is 0 Å². The highest BCUT2D eigenvalue weighted by Gasteiger charge is 2.32. The second-order valence-electron chi connectivity index (χ2n) is 5.01. The molecule has 1 nitrogen and oxygen atoms in total. The molecule has 0 radical (unpaired) electrons. The smallest absolute Gasteiger partial charge is 0.0702 e. The second-order valence-corrected chi connectivity index (χ2v) is 5.58.